The number of nitrogens with one attached hydrogen (secondary N) is 1. The van der Waals surface area contributed by atoms with E-state index in [0.29, 0.717) is 6.54 Å². The van der Waals surface area contributed by atoms with Crippen LogP contribution in [0, 0.1) is 0 Å². The SMILES string of the molecule is CCNC1CCCN(Cc2nncn2CC)C1=O. The van der Waals surface area contributed by atoms with E-state index in [9.17, 15) is 4.79 Å². The fraction of sp³-hybridized carbons (Fsp3) is 0.750. The third-order valence-electron chi connectivity index (χ3n) is 3.35. The number of rotatable bonds is 5. The summed E-state index contributed by atoms with van der Waals surface area (Å²) in [6, 6.07) is -0.0262. The molecule has 1 atom stereocenters. The van der Waals surface area contributed by atoms with Crippen LogP contribution in [0.1, 0.15) is 32.5 Å². The fourth-order valence-electron chi connectivity index (χ4n) is 2.37. The van der Waals surface area contributed by atoms with Gasteiger partial charge in [-0.1, -0.05) is 6.92 Å². The number of carbonyl (C=O) groups is 1. The lowest BCUT2D eigenvalue weighted by Crippen LogP contribution is -2.50. The van der Waals surface area contributed by atoms with E-state index in [2.05, 4.69) is 15.5 Å². The average molecular weight is 251 g/mol. The third-order valence-corrected chi connectivity index (χ3v) is 3.35. The highest BCUT2D eigenvalue weighted by atomic mass is 16.2. The molecule has 0 aliphatic carbocycles. The zero-order valence-corrected chi connectivity index (χ0v) is 11.1. The second kappa shape index (κ2) is 5.95. The van der Waals surface area contributed by atoms with Crippen molar-refractivity contribution in [2.75, 3.05) is 13.1 Å². The van der Waals surface area contributed by atoms with Crippen molar-refractivity contribution in [3.05, 3.63) is 12.2 Å². The van der Waals surface area contributed by atoms with Crippen molar-refractivity contribution < 1.29 is 4.79 Å². The number of piperidine rings is 1. The molecule has 18 heavy (non-hydrogen) atoms. The molecule has 2 rings (SSSR count). The maximum atomic E-state index is 12.2. The predicted octanol–water partition coefficient (Wildman–Crippen LogP) is 0.398. The second-order valence-electron chi connectivity index (χ2n) is 4.55. The van der Waals surface area contributed by atoms with Crippen LogP contribution in [0.3, 0.4) is 0 Å². The van der Waals surface area contributed by atoms with Gasteiger partial charge >= 0.3 is 0 Å². The Kier molecular flexibility index (Phi) is 4.30. The Labute approximate surface area is 107 Å². The highest BCUT2D eigenvalue weighted by molar-refractivity contribution is 5.82. The standard InChI is InChI=1S/C12H21N5O/c1-3-13-10-6-5-7-17(12(10)18)8-11-15-14-9-16(11)4-2/h9-10,13H,3-8H2,1-2H3. The molecule has 6 nitrogen and oxygen atoms in total. The normalized spacial score (nSPS) is 20.4. The smallest absolute Gasteiger partial charge is 0.240 e. The summed E-state index contributed by atoms with van der Waals surface area (Å²) in [5.41, 5.74) is 0. The topological polar surface area (TPSA) is 63.0 Å². The van der Waals surface area contributed by atoms with E-state index in [1.54, 1.807) is 6.33 Å². The largest absolute Gasteiger partial charge is 0.334 e. The van der Waals surface area contributed by atoms with E-state index < -0.39 is 0 Å². The lowest BCUT2D eigenvalue weighted by Gasteiger charge is -2.32. The molecule has 1 N–H and O–H groups in total. The lowest BCUT2D eigenvalue weighted by molar-refractivity contribution is -0.136. The van der Waals surface area contributed by atoms with Gasteiger partial charge in [-0.25, -0.2) is 0 Å². The summed E-state index contributed by atoms with van der Waals surface area (Å²) < 4.78 is 1.98. The summed E-state index contributed by atoms with van der Waals surface area (Å²) in [6.45, 7) is 7.12. The molecule has 1 aromatic rings. The summed E-state index contributed by atoms with van der Waals surface area (Å²) in [7, 11) is 0. The van der Waals surface area contributed by atoms with E-state index in [0.717, 1.165) is 38.3 Å². The van der Waals surface area contributed by atoms with E-state index in [-0.39, 0.29) is 11.9 Å². The van der Waals surface area contributed by atoms with Gasteiger partial charge in [0.15, 0.2) is 5.82 Å². The first kappa shape index (κ1) is 13.0. The zero-order valence-electron chi connectivity index (χ0n) is 11.1. The summed E-state index contributed by atoms with van der Waals surface area (Å²) in [5, 5.41) is 11.2. The van der Waals surface area contributed by atoms with Gasteiger partial charge in [-0.3, -0.25) is 4.79 Å². The molecular weight excluding hydrogens is 230 g/mol. The van der Waals surface area contributed by atoms with Crippen molar-refractivity contribution >= 4 is 5.91 Å². The summed E-state index contributed by atoms with van der Waals surface area (Å²) in [4.78, 5) is 14.1. The molecule has 0 radical (unpaired) electrons. The van der Waals surface area contributed by atoms with Gasteiger partial charge in [0.05, 0.1) is 12.6 Å². The molecular formula is C12H21N5O. The van der Waals surface area contributed by atoms with Gasteiger partial charge < -0.3 is 14.8 Å². The van der Waals surface area contributed by atoms with Crippen molar-refractivity contribution in [1.29, 1.82) is 0 Å². The van der Waals surface area contributed by atoms with Gasteiger partial charge in [0.25, 0.3) is 0 Å². The first-order valence-electron chi connectivity index (χ1n) is 6.65. The first-order chi connectivity index (χ1) is 8.76. The summed E-state index contributed by atoms with van der Waals surface area (Å²) in [5.74, 6) is 1.05. The van der Waals surface area contributed by atoms with Crippen LogP contribution >= 0.6 is 0 Å². The van der Waals surface area contributed by atoms with E-state index in [1.165, 1.54) is 0 Å². The van der Waals surface area contributed by atoms with Gasteiger partial charge in [0.1, 0.15) is 6.33 Å². The number of likely N-dealkylation sites (N-methyl/N-ethyl adjacent to an activating group) is 1. The Morgan fingerprint density at radius 1 is 1.50 bits per heavy atom. The lowest BCUT2D eigenvalue weighted by atomic mass is 10.0. The molecule has 2 heterocycles. The molecule has 1 aliphatic heterocycles. The summed E-state index contributed by atoms with van der Waals surface area (Å²) in [6.07, 6.45) is 3.69. The van der Waals surface area contributed by atoms with Crippen LogP contribution in [0.2, 0.25) is 0 Å². The Hall–Kier alpha value is -1.43. The Bertz CT molecular complexity index is 401. The van der Waals surface area contributed by atoms with Crippen molar-refractivity contribution in [3.63, 3.8) is 0 Å². The van der Waals surface area contributed by atoms with E-state index >= 15 is 0 Å². The molecule has 6 heteroatoms. The molecule has 100 valence electrons. The second-order valence-corrected chi connectivity index (χ2v) is 4.55. The van der Waals surface area contributed by atoms with Gasteiger partial charge in [-0.15, -0.1) is 10.2 Å². The Morgan fingerprint density at radius 2 is 2.33 bits per heavy atom. The molecule has 1 aliphatic rings. The van der Waals surface area contributed by atoms with Crippen LogP contribution in [-0.4, -0.2) is 44.7 Å². The zero-order chi connectivity index (χ0) is 13.0. The Morgan fingerprint density at radius 3 is 3.06 bits per heavy atom. The number of hydrogen-bond acceptors (Lipinski definition) is 4. The maximum absolute atomic E-state index is 12.2. The minimum Gasteiger partial charge on any atom is -0.334 e. The van der Waals surface area contributed by atoms with Crippen LogP contribution in [0.4, 0.5) is 0 Å². The first-order valence-corrected chi connectivity index (χ1v) is 6.65. The van der Waals surface area contributed by atoms with Gasteiger partial charge in [0, 0.05) is 13.1 Å². The van der Waals surface area contributed by atoms with E-state index in [1.807, 2.05) is 23.3 Å². The van der Waals surface area contributed by atoms with Crippen LogP contribution in [0.25, 0.3) is 0 Å². The number of amides is 1. The number of nitrogens with zero attached hydrogens (tertiary/aromatic N) is 4. The molecule has 1 unspecified atom stereocenters. The number of aryl methyl sites for hydroxylation is 1. The van der Waals surface area contributed by atoms with Crippen molar-refractivity contribution in [3.8, 4) is 0 Å². The number of hydrogen-bond donors (Lipinski definition) is 1. The fourth-order valence-corrected chi connectivity index (χ4v) is 2.37. The number of aromatic nitrogens is 3. The van der Waals surface area contributed by atoms with Crippen LogP contribution < -0.4 is 5.32 Å². The van der Waals surface area contributed by atoms with Gasteiger partial charge in [0.2, 0.25) is 5.91 Å². The van der Waals surface area contributed by atoms with Crippen molar-refractivity contribution in [2.24, 2.45) is 0 Å². The molecule has 1 aromatic heterocycles. The third kappa shape index (κ3) is 2.69. The average Bonchev–Trinajstić information content (AvgIpc) is 2.82. The number of likely N-dealkylation sites (tertiary alicyclic amines) is 1. The molecule has 0 spiro atoms. The predicted molar refractivity (Wildman–Crippen MR) is 67.8 cm³/mol. The highest BCUT2D eigenvalue weighted by Gasteiger charge is 2.28. The molecule has 1 fully saturated rings. The van der Waals surface area contributed by atoms with E-state index in [4.69, 9.17) is 0 Å². The quantitative estimate of drug-likeness (QED) is 0.822. The van der Waals surface area contributed by atoms with Crippen molar-refractivity contribution in [1.82, 2.24) is 25.0 Å². The highest BCUT2D eigenvalue weighted by Crippen LogP contribution is 2.14. The number of carbonyl (C=O) groups excluding carboxylic acids is 1. The van der Waals surface area contributed by atoms with Gasteiger partial charge in [-0.2, -0.15) is 0 Å². The van der Waals surface area contributed by atoms with Gasteiger partial charge in [-0.05, 0) is 26.3 Å². The maximum Gasteiger partial charge on any atom is 0.240 e. The Balaban J connectivity index is 2.02. The minimum atomic E-state index is -0.0262. The summed E-state index contributed by atoms with van der Waals surface area (Å²) >= 11 is 0. The van der Waals surface area contributed by atoms with Crippen LogP contribution in [0.5, 0.6) is 0 Å². The molecule has 0 saturated carbocycles. The van der Waals surface area contributed by atoms with Crippen molar-refractivity contribution in [2.45, 2.75) is 45.8 Å². The monoisotopic (exact) mass is 251 g/mol. The molecule has 0 bridgehead atoms. The molecule has 1 saturated heterocycles. The van der Waals surface area contributed by atoms with Crippen LogP contribution in [-0.2, 0) is 17.9 Å². The minimum absolute atomic E-state index is 0.0262. The molecule has 1 amide bonds. The molecule has 0 aromatic carbocycles. The van der Waals surface area contributed by atoms with Crippen LogP contribution in [0.15, 0.2) is 6.33 Å².